The number of ether oxygens (including phenoxy) is 1. The Morgan fingerprint density at radius 2 is 1.96 bits per heavy atom. The quantitative estimate of drug-likeness (QED) is 0.691. The fourth-order valence-electron chi connectivity index (χ4n) is 3.04. The van der Waals surface area contributed by atoms with Crippen LogP contribution < -0.4 is 15.4 Å². The summed E-state index contributed by atoms with van der Waals surface area (Å²) < 4.78 is 5.71. The van der Waals surface area contributed by atoms with Crippen LogP contribution in [0.25, 0.3) is 0 Å². The molecule has 2 amide bonds. The van der Waals surface area contributed by atoms with Gasteiger partial charge in [-0.05, 0) is 18.6 Å². The number of likely N-dealkylation sites (N-methyl/N-ethyl adjacent to an activating group) is 1. The largest absolute Gasteiger partial charge is 0.489 e. The van der Waals surface area contributed by atoms with Crippen LogP contribution in [0.5, 0.6) is 5.75 Å². The average molecular weight is 329 g/mol. The van der Waals surface area contributed by atoms with Gasteiger partial charge in [-0.3, -0.25) is 9.59 Å². The second-order valence-corrected chi connectivity index (χ2v) is 6.35. The number of allylic oxidation sites excluding steroid dienone is 1. The van der Waals surface area contributed by atoms with Gasteiger partial charge in [-0.15, -0.1) is 0 Å². The molecule has 2 aliphatic rings. The minimum Gasteiger partial charge on any atom is -0.489 e. The molecule has 2 aliphatic heterocycles. The van der Waals surface area contributed by atoms with E-state index in [1.54, 1.807) is 24.1 Å². The highest BCUT2D eigenvalue weighted by molar-refractivity contribution is 5.97. The van der Waals surface area contributed by atoms with Gasteiger partial charge in [0.1, 0.15) is 12.4 Å². The highest BCUT2D eigenvalue weighted by atomic mass is 16.5. The predicted molar refractivity (Wildman–Crippen MR) is 91.0 cm³/mol. The van der Waals surface area contributed by atoms with Crippen molar-refractivity contribution in [3.05, 3.63) is 42.0 Å². The van der Waals surface area contributed by atoms with Gasteiger partial charge in [-0.1, -0.05) is 24.3 Å². The molecular weight excluding hydrogens is 306 g/mol. The zero-order valence-electron chi connectivity index (χ0n) is 13.9. The number of nitrogens with zero attached hydrogens (tertiary/aromatic N) is 1. The molecule has 1 saturated heterocycles. The molecule has 1 aromatic carbocycles. The van der Waals surface area contributed by atoms with E-state index in [1.165, 1.54) is 0 Å². The molecule has 0 saturated carbocycles. The number of para-hydroxylation sites is 1. The molecule has 2 N–H and O–H groups in total. The first-order valence-electron chi connectivity index (χ1n) is 8.24. The molecule has 0 aromatic heterocycles. The van der Waals surface area contributed by atoms with Gasteiger partial charge >= 0.3 is 0 Å². The van der Waals surface area contributed by atoms with Crippen molar-refractivity contribution in [1.82, 2.24) is 15.5 Å². The van der Waals surface area contributed by atoms with Gasteiger partial charge in [0.15, 0.2) is 0 Å². The zero-order valence-corrected chi connectivity index (χ0v) is 13.9. The van der Waals surface area contributed by atoms with Crippen molar-refractivity contribution in [3.8, 4) is 5.75 Å². The fourth-order valence-corrected chi connectivity index (χ4v) is 3.04. The van der Waals surface area contributed by atoms with E-state index in [1.807, 2.05) is 24.3 Å². The Kier molecular flexibility index (Phi) is 4.85. The number of nitrogens with one attached hydrogen (secondary N) is 2. The maximum absolute atomic E-state index is 12.7. The minimum atomic E-state index is -0.364. The molecule has 24 heavy (non-hydrogen) atoms. The second-order valence-electron chi connectivity index (χ2n) is 6.35. The third kappa shape index (κ3) is 3.28. The van der Waals surface area contributed by atoms with Crippen molar-refractivity contribution in [2.24, 2.45) is 5.41 Å². The lowest BCUT2D eigenvalue weighted by molar-refractivity contribution is -0.143. The van der Waals surface area contributed by atoms with Crippen LogP contribution in [0.1, 0.15) is 16.8 Å². The number of rotatable bonds is 0. The lowest BCUT2D eigenvalue weighted by Gasteiger charge is -2.43. The SMILES string of the molecule is CN1CCNC(=O)c2ccccc2OC/C=C/CC2(CNC2)C1=O. The molecule has 2 heterocycles. The van der Waals surface area contributed by atoms with Gasteiger partial charge in [0, 0.05) is 33.2 Å². The number of carbonyl (C=O) groups excluding carboxylic acids is 2. The first-order chi connectivity index (χ1) is 11.6. The van der Waals surface area contributed by atoms with E-state index in [0.717, 1.165) is 0 Å². The summed E-state index contributed by atoms with van der Waals surface area (Å²) >= 11 is 0. The molecule has 0 bridgehead atoms. The van der Waals surface area contributed by atoms with Crippen molar-refractivity contribution < 1.29 is 14.3 Å². The summed E-state index contributed by atoms with van der Waals surface area (Å²) in [6.07, 6.45) is 4.61. The molecule has 6 heteroatoms. The maximum Gasteiger partial charge on any atom is 0.255 e. The van der Waals surface area contributed by atoms with Crippen LogP contribution in [0.2, 0.25) is 0 Å². The average Bonchev–Trinajstić information content (AvgIpc) is 2.55. The standard InChI is InChI=1S/C18H23N3O3/c1-21-10-9-20-16(22)14-6-2-3-7-15(14)24-11-5-4-8-18(17(21)23)12-19-13-18/h2-7,19H,8-13H2,1H3,(H,20,22)/b5-4+. The van der Waals surface area contributed by atoms with Gasteiger partial charge in [0.2, 0.25) is 5.91 Å². The van der Waals surface area contributed by atoms with Gasteiger partial charge in [-0.2, -0.15) is 0 Å². The number of amides is 2. The summed E-state index contributed by atoms with van der Waals surface area (Å²) in [6, 6.07) is 7.19. The lowest BCUT2D eigenvalue weighted by Crippen LogP contribution is -2.61. The summed E-state index contributed by atoms with van der Waals surface area (Å²) in [6.45, 7) is 2.65. The first kappa shape index (κ1) is 16.5. The van der Waals surface area contributed by atoms with E-state index in [4.69, 9.17) is 4.74 Å². The molecule has 3 rings (SSSR count). The Bertz CT molecular complexity index is 653. The molecule has 1 aromatic rings. The summed E-state index contributed by atoms with van der Waals surface area (Å²) in [5, 5.41) is 6.06. The first-order valence-corrected chi connectivity index (χ1v) is 8.24. The molecule has 128 valence electrons. The second kappa shape index (κ2) is 7.05. The summed E-state index contributed by atoms with van der Waals surface area (Å²) in [7, 11) is 1.79. The molecular formula is C18H23N3O3. The highest BCUT2D eigenvalue weighted by Gasteiger charge is 2.44. The van der Waals surface area contributed by atoms with Crippen LogP contribution in [-0.2, 0) is 4.79 Å². The number of carbonyl (C=O) groups is 2. The molecule has 6 nitrogen and oxygen atoms in total. The molecule has 0 unspecified atom stereocenters. The van der Waals surface area contributed by atoms with Crippen LogP contribution in [0.4, 0.5) is 0 Å². The van der Waals surface area contributed by atoms with Gasteiger partial charge in [-0.25, -0.2) is 0 Å². The highest BCUT2D eigenvalue weighted by Crippen LogP contribution is 2.30. The zero-order chi connectivity index (χ0) is 17.0. The molecule has 1 spiro atoms. The monoisotopic (exact) mass is 329 g/mol. The van der Waals surface area contributed by atoms with Crippen LogP contribution in [0.15, 0.2) is 36.4 Å². The summed E-state index contributed by atoms with van der Waals surface area (Å²) in [4.78, 5) is 26.8. The summed E-state index contributed by atoms with van der Waals surface area (Å²) in [5.41, 5.74) is 0.147. The molecule has 0 aliphatic carbocycles. The number of hydrogen-bond donors (Lipinski definition) is 2. The van der Waals surface area contributed by atoms with E-state index in [-0.39, 0.29) is 17.2 Å². The Morgan fingerprint density at radius 3 is 2.71 bits per heavy atom. The normalized spacial score (nSPS) is 22.6. The van der Waals surface area contributed by atoms with Crippen LogP contribution >= 0.6 is 0 Å². The van der Waals surface area contributed by atoms with Crippen molar-refractivity contribution in [2.45, 2.75) is 6.42 Å². The lowest BCUT2D eigenvalue weighted by atomic mass is 9.77. The smallest absolute Gasteiger partial charge is 0.255 e. The van der Waals surface area contributed by atoms with E-state index >= 15 is 0 Å². The number of benzene rings is 1. The fraction of sp³-hybridized carbons (Fsp3) is 0.444. The predicted octanol–water partition coefficient (Wildman–Crippen LogP) is 0.803. The number of fused-ring (bicyclic) bond motifs is 1. The minimum absolute atomic E-state index is 0.124. The van der Waals surface area contributed by atoms with Gasteiger partial charge < -0.3 is 20.3 Å². The molecule has 0 atom stereocenters. The van der Waals surface area contributed by atoms with E-state index in [9.17, 15) is 9.59 Å². The third-order valence-electron chi connectivity index (χ3n) is 4.60. The Morgan fingerprint density at radius 1 is 1.17 bits per heavy atom. The Balaban J connectivity index is 1.79. The van der Waals surface area contributed by atoms with E-state index < -0.39 is 0 Å². The molecule has 1 fully saturated rings. The van der Waals surface area contributed by atoms with Crippen LogP contribution in [-0.4, -0.2) is 56.5 Å². The van der Waals surface area contributed by atoms with Crippen molar-refractivity contribution in [2.75, 3.05) is 39.8 Å². The van der Waals surface area contributed by atoms with Crippen LogP contribution in [0.3, 0.4) is 0 Å². The van der Waals surface area contributed by atoms with Crippen molar-refractivity contribution in [1.29, 1.82) is 0 Å². The van der Waals surface area contributed by atoms with Crippen LogP contribution in [0, 0.1) is 5.41 Å². The Labute approximate surface area is 141 Å². The van der Waals surface area contributed by atoms with Gasteiger partial charge in [0.25, 0.3) is 5.91 Å². The third-order valence-corrected chi connectivity index (χ3v) is 4.60. The van der Waals surface area contributed by atoms with Crippen molar-refractivity contribution >= 4 is 11.8 Å². The summed E-state index contributed by atoms with van der Waals surface area (Å²) in [5.74, 6) is 0.507. The number of hydrogen-bond acceptors (Lipinski definition) is 4. The maximum atomic E-state index is 12.7. The van der Waals surface area contributed by atoms with E-state index in [0.29, 0.717) is 50.5 Å². The van der Waals surface area contributed by atoms with E-state index in [2.05, 4.69) is 10.6 Å². The molecule has 0 radical (unpaired) electrons. The van der Waals surface area contributed by atoms with Gasteiger partial charge in [0.05, 0.1) is 11.0 Å². The Hall–Kier alpha value is -2.34. The van der Waals surface area contributed by atoms with Crippen molar-refractivity contribution in [3.63, 3.8) is 0 Å². The topological polar surface area (TPSA) is 70.7 Å².